The Labute approximate surface area is 163 Å². The summed E-state index contributed by atoms with van der Waals surface area (Å²) in [5.74, 6) is -1.53. The number of aliphatic hydroxyl groups excluding tert-OH is 2. The number of nitrogens with zero attached hydrogens (tertiary/aromatic N) is 1. The first-order chi connectivity index (χ1) is 13.3. The number of carboxylic acid groups (broad SMARTS) is 1. The molecule has 6 nitrogen and oxygen atoms in total. The van der Waals surface area contributed by atoms with Gasteiger partial charge in [-0.3, -0.25) is 9.59 Å². The normalized spacial score (nSPS) is 23.6. The van der Waals surface area contributed by atoms with Crippen molar-refractivity contribution in [1.29, 1.82) is 0 Å². The summed E-state index contributed by atoms with van der Waals surface area (Å²) in [4.78, 5) is 25.1. The summed E-state index contributed by atoms with van der Waals surface area (Å²) in [6.45, 7) is 0. The zero-order valence-electron chi connectivity index (χ0n) is 15.6. The van der Waals surface area contributed by atoms with Crippen LogP contribution in [0.5, 0.6) is 0 Å². The molecule has 1 saturated carbocycles. The minimum atomic E-state index is -1.14. The predicted octanol–water partition coefficient (Wildman–Crippen LogP) is 2.63. The number of hydrogen-bond acceptors (Lipinski definition) is 4. The van der Waals surface area contributed by atoms with Gasteiger partial charge in [-0.2, -0.15) is 0 Å². The molecule has 152 valence electrons. The summed E-state index contributed by atoms with van der Waals surface area (Å²) in [7, 11) is 0. The van der Waals surface area contributed by atoms with Crippen molar-refractivity contribution in [3.63, 3.8) is 0 Å². The SMILES string of the molecule is O=C(O)CC(O)CC(O)C=CC1N(c2ccc(F)cc2)C(=O)CC12CCCC2. The first kappa shape index (κ1) is 20.5. The molecule has 1 aromatic rings. The Morgan fingerprint density at radius 1 is 1.25 bits per heavy atom. The van der Waals surface area contributed by atoms with Gasteiger partial charge in [-0.15, -0.1) is 0 Å². The molecule has 3 unspecified atom stereocenters. The highest BCUT2D eigenvalue weighted by atomic mass is 19.1. The molecule has 1 aromatic carbocycles. The summed E-state index contributed by atoms with van der Waals surface area (Å²) in [6, 6.07) is 5.53. The van der Waals surface area contributed by atoms with Gasteiger partial charge in [-0.25, -0.2) is 4.39 Å². The molecular weight excluding hydrogens is 365 g/mol. The van der Waals surface area contributed by atoms with Crippen molar-refractivity contribution in [1.82, 2.24) is 0 Å². The molecule has 28 heavy (non-hydrogen) atoms. The molecule has 1 amide bonds. The Kier molecular flexibility index (Phi) is 6.15. The van der Waals surface area contributed by atoms with E-state index in [4.69, 9.17) is 5.11 Å². The zero-order valence-corrected chi connectivity index (χ0v) is 15.6. The predicted molar refractivity (Wildman–Crippen MR) is 101 cm³/mol. The lowest BCUT2D eigenvalue weighted by molar-refractivity contribution is -0.139. The van der Waals surface area contributed by atoms with E-state index in [1.165, 1.54) is 18.2 Å². The quantitative estimate of drug-likeness (QED) is 0.621. The number of aliphatic carboxylic acids is 1. The van der Waals surface area contributed by atoms with Gasteiger partial charge in [0, 0.05) is 23.9 Å². The number of carboxylic acids is 1. The molecular formula is C21H26FNO5. The van der Waals surface area contributed by atoms with Crippen LogP contribution in [-0.4, -0.2) is 45.4 Å². The zero-order chi connectivity index (χ0) is 20.3. The van der Waals surface area contributed by atoms with Gasteiger partial charge in [-0.1, -0.05) is 25.0 Å². The highest BCUT2D eigenvalue weighted by Gasteiger charge is 2.52. The fourth-order valence-corrected chi connectivity index (χ4v) is 4.54. The molecule has 0 aromatic heterocycles. The van der Waals surface area contributed by atoms with Gasteiger partial charge in [0.2, 0.25) is 5.91 Å². The van der Waals surface area contributed by atoms with Crippen LogP contribution in [-0.2, 0) is 9.59 Å². The minimum Gasteiger partial charge on any atom is -0.481 e. The Morgan fingerprint density at radius 3 is 2.50 bits per heavy atom. The van der Waals surface area contributed by atoms with Gasteiger partial charge in [0.1, 0.15) is 5.82 Å². The van der Waals surface area contributed by atoms with Gasteiger partial charge < -0.3 is 20.2 Å². The molecule has 3 N–H and O–H groups in total. The van der Waals surface area contributed by atoms with E-state index in [2.05, 4.69) is 0 Å². The highest BCUT2D eigenvalue weighted by molar-refractivity contribution is 5.97. The first-order valence-electron chi connectivity index (χ1n) is 9.65. The molecule has 1 aliphatic carbocycles. The number of hydrogen-bond donors (Lipinski definition) is 3. The number of halogens is 1. The second-order valence-electron chi connectivity index (χ2n) is 7.87. The van der Waals surface area contributed by atoms with Gasteiger partial charge in [-0.05, 0) is 37.1 Å². The third-order valence-electron chi connectivity index (χ3n) is 5.82. The summed E-state index contributed by atoms with van der Waals surface area (Å²) in [5, 5.41) is 28.6. The Bertz CT molecular complexity index is 742. The number of anilines is 1. The van der Waals surface area contributed by atoms with Crippen molar-refractivity contribution in [2.75, 3.05) is 4.90 Å². The Hall–Kier alpha value is -2.25. The topological polar surface area (TPSA) is 98.1 Å². The van der Waals surface area contributed by atoms with E-state index in [1.807, 2.05) is 0 Å². The summed E-state index contributed by atoms with van der Waals surface area (Å²) in [5.41, 5.74) is 0.409. The maximum Gasteiger partial charge on any atom is 0.305 e. The molecule has 1 spiro atoms. The van der Waals surface area contributed by atoms with Gasteiger partial charge in [0.25, 0.3) is 0 Å². The largest absolute Gasteiger partial charge is 0.481 e. The first-order valence-corrected chi connectivity index (χ1v) is 9.65. The van der Waals surface area contributed by atoms with Crippen molar-refractivity contribution in [3.8, 4) is 0 Å². The maximum atomic E-state index is 13.3. The number of rotatable bonds is 7. The van der Waals surface area contributed by atoms with E-state index in [9.17, 15) is 24.2 Å². The third-order valence-corrected chi connectivity index (χ3v) is 5.82. The van der Waals surface area contributed by atoms with Crippen molar-refractivity contribution < 1.29 is 29.3 Å². The number of benzene rings is 1. The number of aliphatic hydroxyl groups is 2. The van der Waals surface area contributed by atoms with E-state index in [1.54, 1.807) is 23.1 Å². The summed E-state index contributed by atoms with van der Waals surface area (Å²) >= 11 is 0. The fraction of sp³-hybridized carbons (Fsp3) is 0.524. The van der Waals surface area contributed by atoms with Crippen molar-refractivity contribution >= 4 is 17.6 Å². The Morgan fingerprint density at radius 2 is 1.89 bits per heavy atom. The van der Waals surface area contributed by atoms with Crippen LogP contribution in [0.15, 0.2) is 36.4 Å². The molecule has 2 aliphatic rings. The number of carbonyl (C=O) groups excluding carboxylic acids is 1. The van der Waals surface area contributed by atoms with E-state index in [0.717, 1.165) is 25.7 Å². The van der Waals surface area contributed by atoms with Crippen molar-refractivity contribution in [3.05, 3.63) is 42.2 Å². The maximum absolute atomic E-state index is 13.3. The molecule has 7 heteroatoms. The van der Waals surface area contributed by atoms with Gasteiger partial charge in [0.15, 0.2) is 0 Å². The molecule has 1 aliphatic heterocycles. The standard InChI is InChI=1S/C21H26FNO5/c22-14-3-5-15(6-4-14)23-18(21(13-19(23)26)9-1-2-10-21)8-7-16(24)11-17(25)12-20(27)28/h3-8,16-18,24-25H,1-2,9-13H2,(H,27,28). The van der Waals surface area contributed by atoms with Crippen LogP contribution in [0.1, 0.15) is 44.9 Å². The van der Waals surface area contributed by atoms with E-state index in [-0.39, 0.29) is 29.6 Å². The molecule has 3 rings (SSSR count). The lowest BCUT2D eigenvalue weighted by Gasteiger charge is -2.33. The van der Waals surface area contributed by atoms with Crippen LogP contribution in [0.25, 0.3) is 0 Å². The number of amides is 1. The Balaban J connectivity index is 1.81. The lowest BCUT2D eigenvalue weighted by atomic mass is 9.78. The summed E-state index contributed by atoms with van der Waals surface area (Å²) < 4.78 is 13.3. The van der Waals surface area contributed by atoms with Crippen molar-refractivity contribution in [2.45, 2.75) is 63.2 Å². The fourth-order valence-electron chi connectivity index (χ4n) is 4.54. The van der Waals surface area contributed by atoms with E-state index in [0.29, 0.717) is 12.1 Å². The molecule has 0 radical (unpaired) electrons. The van der Waals surface area contributed by atoms with Crippen molar-refractivity contribution in [2.24, 2.45) is 5.41 Å². The molecule has 2 fully saturated rings. The van der Waals surface area contributed by atoms with E-state index >= 15 is 0 Å². The average Bonchev–Trinajstić information content (AvgIpc) is 3.18. The second-order valence-corrected chi connectivity index (χ2v) is 7.87. The third kappa shape index (κ3) is 4.42. The lowest BCUT2D eigenvalue weighted by Crippen LogP contribution is -2.38. The van der Waals surface area contributed by atoms with Crippen LogP contribution in [0.2, 0.25) is 0 Å². The average molecular weight is 391 g/mol. The monoisotopic (exact) mass is 391 g/mol. The molecule has 1 saturated heterocycles. The van der Waals surface area contributed by atoms with Gasteiger partial charge in [0.05, 0.1) is 24.7 Å². The van der Waals surface area contributed by atoms with Crippen LogP contribution >= 0.6 is 0 Å². The highest BCUT2D eigenvalue weighted by Crippen LogP contribution is 2.51. The van der Waals surface area contributed by atoms with Crippen LogP contribution in [0.4, 0.5) is 10.1 Å². The summed E-state index contributed by atoms with van der Waals surface area (Å²) in [6.07, 6.45) is 4.94. The molecule has 1 heterocycles. The van der Waals surface area contributed by atoms with Crippen LogP contribution < -0.4 is 4.90 Å². The number of carbonyl (C=O) groups is 2. The molecule has 3 atom stereocenters. The van der Waals surface area contributed by atoms with Gasteiger partial charge >= 0.3 is 5.97 Å². The second kappa shape index (κ2) is 8.41. The van der Waals surface area contributed by atoms with E-state index < -0.39 is 24.6 Å². The van der Waals surface area contributed by atoms with Crippen LogP contribution in [0.3, 0.4) is 0 Å². The minimum absolute atomic E-state index is 0.0245. The molecule has 0 bridgehead atoms. The van der Waals surface area contributed by atoms with Crippen LogP contribution in [0, 0.1) is 11.2 Å². The smallest absolute Gasteiger partial charge is 0.305 e.